The van der Waals surface area contributed by atoms with Gasteiger partial charge < -0.3 is 5.73 Å². The van der Waals surface area contributed by atoms with Gasteiger partial charge in [0.05, 0.1) is 5.54 Å². The van der Waals surface area contributed by atoms with Gasteiger partial charge in [0.2, 0.25) is 0 Å². The number of hydrogen-bond donors (Lipinski definition) is 1. The Labute approximate surface area is 61.4 Å². The fourth-order valence-corrected chi connectivity index (χ4v) is 0.767. The van der Waals surface area contributed by atoms with Crippen molar-refractivity contribution in [1.29, 1.82) is 0 Å². The largest absolute Gasteiger partial charge is 0.322 e. The van der Waals surface area contributed by atoms with Crippen LogP contribution in [0.2, 0.25) is 0 Å². The van der Waals surface area contributed by atoms with E-state index in [0.717, 1.165) is 0 Å². The van der Waals surface area contributed by atoms with Crippen molar-refractivity contribution in [1.82, 2.24) is 0 Å². The van der Waals surface area contributed by atoms with Crippen molar-refractivity contribution >= 4 is 0 Å². The van der Waals surface area contributed by atoms with Crippen molar-refractivity contribution in [3.8, 4) is 0 Å². The molecule has 0 spiro atoms. The summed E-state index contributed by atoms with van der Waals surface area (Å²) in [6, 6.07) is 0. The van der Waals surface area contributed by atoms with Crippen molar-refractivity contribution < 1.29 is 4.39 Å². The molecule has 10 heavy (non-hydrogen) atoms. The van der Waals surface area contributed by atoms with Crippen LogP contribution in [0, 0.1) is 0 Å². The summed E-state index contributed by atoms with van der Waals surface area (Å²) >= 11 is 0. The average Bonchev–Trinajstić information content (AvgIpc) is 1.89. The van der Waals surface area contributed by atoms with Crippen molar-refractivity contribution in [3.63, 3.8) is 0 Å². The number of hydrogen-bond acceptors (Lipinski definition) is 1. The van der Waals surface area contributed by atoms with Crippen LogP contribution in [0.1, 0.15) is 12.8 Å². The monoisotopic (exact) mass is 143 g/mol. The molecule has 1 nitrogen and oxygen atoms in total. The Morgan fingerprint density at radius 2 is 1.70 bits per heavy atom. The molecule has 0 aliphatic rings. The molecule has 0 aliphatic carbocycles. The van der Waals surface area contributed by atoms with Crippen LogP contribution in [-0.2, 0) is 0 Å². The van der Waals surface area contributed by atoms with Crippen LogP contribution in [0.4, 0.5) is 4.39 Å². The first-order valence-electron chi connectivity index (χ1n) is 3.25. The zero-order valence-corrected chi connectivity index (χ0v) is 6.15. The molecule has 0 radical (unpaired) electrons. The van der Waals surface area contributed by atoms with Gasteiger partial charge in [-0.05, 0) is 12.8 Å². The topological polar surface area (TPSA) is 26.0 Å². The fourth-order valence-electron chi connectivity index (χ4n) is 0.767. The third-order valence-electron chi connectivity index (χ3n) is 1.37. The molecule has 0 unspecified atom stereocenters. The van der Waals surface area contributed by atoms with E-state index in [4.69, 9.17) is 5.73 Å². The van der Waals surface area contributed by atoms with E-state index in [1.54, 1.807) is 12.2 Å². The average molecular weight is 143 g/mol. The highest BCUT2D eigenvalue weighted by Gasteiger charge is 2.20. The minimum atomic E-state index is -0.760. The Morgan fingerprint density at radius 1 is 1.30 bits per heavy atom. The summed E-state index contributed by atoms with van der Waals surface area (Å²) in [5, 5.41) is 0. The molecular formula is C8H14FN. The van der Waals surface area contributed by atoms with E-state index < -0.39 is 12.2 Å². The van der Waals surface area contributed by atoms with E-state index in [1.807, 2.05) is 0 Å². The molecule has 0 atom stereocenters. The van der Waals surface area contributed by atoms with Gasteiger partial charge >= 0.3 is 0 Å². The van der Waals surface area contributed by atoms with Crippen molar-refractivity contribution in [3.05, 3.63) is 25.3 Å². The highest BCUT2D eigenvalue weighted by Crippen LogP contribution is 2.13. The smallest absolute Gasteiger partial charge is 0.108 e. The zero-order valence-electron chi connectivity index (χ0n) is 6.15. The maximum atomic E-state index is 12.2. The molecule has 0 fully saturated rings. The molecule has 0 bridgehead atoms. The van der Waals surface area contributed by atoms with E-state index in [2.05, 4.69) is 13.2 Å². The first-order chi connectivity index (χ1) is 4.68. The summed E-state index contributed by atoms with van der Waals surface area (Å²) in [6.45, 7) is 6.47. The molecule has 0 saturated heterocycles. The lowest BCUT2D eigenvalue weighted by Crippen LogP contribution is -2.41. The van der Waals surface area contributed by atoms with Gasteiger partial charge in [0.15, 0.2) is 0 Å². The lowest BCUT2D eigenvalue weighted by Gasteiger charge is -2.22. The molecule has 0 amide bonds. The quantitative estimate of drug-likeness (QED) is 0.583. The minimum absolute atomic E-state index is 0.496. The Kier molecular flexibility index (Phi) is 3.96. The first-order valence-corrected chi connectivity index (χ1v) is 3.25. The van der Waals surface area contributed by atoms with Gasteiger partial charge in [0.25, 0.3) is 0 Å². The molecule has 58 valence electrons. The van der Waals surface area contributed by atoms with Crippen LogP contribution >= 0.6 is 0 Å². The van der Waals surface area contributed by atoms with Crippen LogP contribution in [0.15, 0.2) is 25.3 Å². The summed E-state index contributed by atoms with van der Waals surface area (Å²) in [6.07, 6.45) is 4.25. The van der Waals surface area contributed by atoms with E-state index in [9.17, 15) is 4.39 Å². The van der Waals surface area contributed by atoms with E-state index in [-0.39, 0.29) is 0 Å². The summed E-state index contributed by atoms with van der Waals surface area (Å²) in [5.41, 5.74) is 4.84. The molecule has 0 rings (SSSR count). The molecule has 0 saturated carbocycles. The SMILES string of the molecule is C=CCC(N)(CF)CC=C. The highest BCUT2D eigenvalue weighted by molar-refractivity contribution is 4.95. The summed E-state index contributed by atoms with van der Waals surface area (Å²) < 4.78 is 12.2. The molecule has 0 aliphatic heterocycles. The zero-order chi connectivity index (χ0) is 8.04. The van der Waals surface area contributed by atoms with E-state index >= 15 is 0 Å². The van der Waals surface area contributed by atoms with E-state index in [0.29, 0.717) is 12.8 Å². The van der Waals surface area contributed by atoms with Crippen LogP contribution in [0.25, 0.3) is 0 Å². The lowest BCUT2D eigenvalue weighted by atomic mass is 9.94. The standard InChI is InChI=1S/C8H14FN/c1-3-5-8(10,7-9)6-4-2/h3-4H,1-2,5-7,10H2. The second kappa shape index (κ2) is 4.23. The van der Waals surface area contributed by atoms with Gasteiger partial charge in [-0.15, -0.1) is 13.2 Å². The first kappa shape index (κ1) is 9.37. The van der Waals surface area contributed by atoms with Crippen molar-refractivity contribution in [2.75, 3.05) is 6.67 Å². The molecule has 0 aromatic rings. The van der Waals surface area contributed by atoms with Gasteiger partial charge in [0, 0.05) is 0 Å². The summed E-state index contributed by atoms with van der Waals surface area (Å²) in [5.74, 6) is 0. The summed E-state index contributed by atoms with van der Waals surface area (Å²) in [4.78, 5) is 0. The third-order valence-corrected chi connectivity index (χ3v) is 1.37. The molecule has 0 heterocycles. The second-order valence-electron chi connectivity index (χ2n) is 2.48. The normalized spacial score (nSPS) is 11.0. The Morgan fingerprint density at radius 3 is 1.90 bits per heavy atom. The maximum absolute atomic E-state index is 12.2. The van der Waals surface area contributed by atoms with Crippen LogP contribution < -0.4 is 5.73 Å². The van der Waals surface area contributed by atoms with Crippen molar-refractivity contribution in [2.24, 2.45) is 5.73 Å². The van der Waals surface area contributed by atoms with Gasteiger partial charge in [-0.25, -0.2) is 4.39 Å². The van der Waals surface area contributed by atoms with Crippen molar-refractivity contribution in [2.45, 2.75) is 18.4 Å². The second-order valence-corrected chi connectivity index (χ2v) is 2.48. The van der Waals surface area contributed by atoms with Gasteiger partial charge in [0.1, 0.15) is 6.67 Å². The Balaban J connectivity index is 3.92. The highest BCUT2D eigenvalue weighted by atomic mass is 19.1. The van der Waals surface area contributed by atoms with Crippen LogP contribution in [0.3, 0.4) is 0 Å². The molecule has 0 aromatic heterocycles. The predicted octanol–water partition coefficient (Wildman–Crippen LogP) is 1.81. The van der Waals surface area contributed by atoms with Gasteiger partial charge in [-0.2, -0.15) is 0 Å². The molecular weight excluding hydrogens is 129 g/mol. The lowest BCUT2D eigenvalue weighted by molar-refractivity contribution is 0.310. The van der Waals surface area contributed by atoms with Gasteiger partial charge in [-0.3, -0.25) is 0 Å². The molecule has 2 N–H and O–H groups in total. The fraction of sp³-hybridized carbons (Fsp3) is 0.500. The predicted molar refractivity (Wildman–Crippen MR) is 42.5 cm³/mol. The maximum Gasteiger partial charge on any atom is 0.108 e. The minimum Gasteiger partial charge on any atom is -0.322 e. The Hall–Kier alpha value is -0.630. The van der Waals surface area contributed by atoms with Crippen LogP contribution in [-0.4, -0.2) is 12.2 Å². The van der Waals surface area contributed by atoms with E-state index in [1.165, 1.54) is 0 Å². The Bertz CT molecular complexity index is 110. The molecule has 0 aromatic carbocycles. The summed E-state index contributed by atoms with van der Waals surface area (Å²) in [7, 11) is 0. The van der Waals surface area contributed by atoms with Crippen LogP contribution in [0.5, 0.6) is 0 Å². The molecule has 2 heteroatoms. The van der Waals surface area contributed by atoms with Gasteiger partial charge in [-0.1, -0.05) is 12.2 Å². The number of nitrogens with two attached hydrogens (primary N) is 1. The number of halogens is 1. The number of rotatable bonds is 5. The third kappa shape index (κ3) is 2.78. The number of alkyl halides is 1.